The fourth-order valence-corrected chi connectivity index (χ4v) is 2.91. The summed E-state index contributed by atoms with van der Waals surface area (Å²) in [5.41, 5.74) is 0.849. The summed E-state index contributed by atoms with van der Waals surface area (Å²) in [5, 5.41) is 12.8. The van der Waals surface area contributed by atoms with Crippen LogP contribution < -0.4 is 9.47 Å². The molecule has 5 nitrogen and oxygen atoms in total. The van der Waals surface area contributed by atoms with E-state index in [1.807, 2.05) is 23.6 Å². The number of ether oxygens (including phenoxy) is 2. The van der Waals surface area contributed by atoms with Crippen LogP contribution in [0.5, 0.6) is 11.5 Å². The quantitative estimate of drug-likeness (QED) is 0.606. The van der Waals surface area contributed by atoms with Crippen LogP contribution >= 0.6 is 11.3 Å². The van der Waals surface area contributed by atoms with Crippen LogP contribution in [0.15, 0.2) is 35.7 Å². The molecule has 106 valence electrons. The third-order valence-electron chi connectivity index (χ3n) is 3.03. The number of benzene rings is 1. The second kappa shape index (κ2) is 6.38. The molecule has 1 unspecified atom stereocenters. The summed E-state index contributed by atoms with van der Waals surface area (Å²) in [6, 6.07) is 9.22. The molecule has 6 heteroatoms. The number of nitro groups is 1. The van der Waals surface area contributed by atoms with Crippen molar-refractivity contribution in [3.8, 4) is 11.5 Å². The van der Waals surface area contributed by atoms with Gasteiger partial charge in [0.05, 0.1) is 20.1 Å². The summed E-state index contributed by atoms with van der Waals surface area (Å²) >= 11 is 1.51. The molecule has 0 aliphatic heterocycles. The Hall–Kier alpha value is -2.08. The van der Waals surface area contributed by atoms with Crippen molar-refractivity contribution < 1.29 is 14.4 Å². The van der Waals surface area contributed by atoms with Crippen LogP contribution in [0.4, 0.5) is 0 Å². The molecule has 0 N–H and O–H groups in total. The molecule has 1 aromatic carbocycles. The van der Waals surface area contributed by atoms with E-state index in [2.05, 4.69) is 0 Å². The first-order chi connectivity index (χ1) is 9.65. The van der Waals surface area contributed by atoms with Crippen LogP contribution in [0.1, 0.15) is 16.4 Å². The minimum atomic E-state index is -0.291. The Labute approximate surface area is 120 Å². The van der Waals surface area contributed by atoms with Crippen molar-refractivity contribution in [2.75, 3.05) is 20.8 Å². The molecule has 0 aliphatic carbocycles. The molecular weight excluding hydrogens is 278 g/mol. The van der Waals surface area contributed by atoms with Gasteiger partial charge < -0.3 is 9.47 Å². The van der Waals surface area contributed by atoms with Crippen LogP contribution in [0.25, 0.3) is 0 Å². The molecule has 1 atom stereocenters. The minimum absolute atomic E-state index is 0.143. The molecule has 0 saturated carbocycles. The van der Waals surface area contributed by atoms with Crippen molar-refractivity contribution in [3.63, 3.8) is 0 Å². The van der Waals surface area contributed by atoms with Gasteiger partial charge in [-0.05, 0) is 29.1 Å². The SMILES string of the molecule is COc1ccc(C(C[N+](=O)[O-])c2cccs2)cc1OC. The Kier molecular flexibility index (Phi) is 4.57. The molecule has 0 aliphatic rings. The van der Waals surface area contributed by atoms with E-state index in [4.69, 9.17) is 9.47 Å². The highest BCUT2D eigenvalue weighted by atomic mass is 32.1. The second-order valence-electron chi connectivity index (χ2n) is 4.20. The van der Waals surface area contributed by atoms with Gasteiger partial charge in [-0.3, -0.25) is 10.1 Å². The lowest BCUT2D eigenvalue weighted by Gasteiger charge is -2.14. The molecule has 0 bridgehead atoms. The highest BCUT2D eigenvalue weighted by Crippen LogP contribution is 2.34. The Balaban J connectivity index is 2.41. The zero-order chi connectivity index (χ0) is 14.5. The van der Waals surface area contributed by atoms with Crippen molar-refractivity contribution in [2.24, 2.45) is 0 Å². The second-order valence-corrected chi connectivity index (χ2v) is 5.18. The van der Waals surface area contributed by atoms with Crippen LogP contribution in [0.2, 0.25) is 0 Å². The van der Waals surface area contributed by atoms with Gasteiger partial charge >= 0.3 is 0 Å². The van der Waals surface area contributed by atoms with Crippen molar-refractivity contribution in [3.05, 3.63) is 56.3 Å². The summed E-state index contributed by atoms with van der Waals surface area (Å²) in [5.74, 6) is 0.919. The molecule has 0 fully saturated rings. The zero-order valence-corrected chi connectivity index (χ0v) is 12.1. The molecule has 1 heterocycles. The first-order valence-electron chi connectivity index (χ1n) is 6.02. The molecule has 2 rings (SSSR count). The van der Waals surface area contributed by atoms with Gasteiger partial charge in [-0.1, -0.05) is 12.1 Å². The molecule has 0 amide bonds. The molecular formula is C14H15NO4S. The number of hydrogen-bond acceptors (Lipinski definition) is 5. The van der Waals surface area contributed by atoms with Gasteiger partial charge in [0.2, 0.25) is 6.54 Å². The highest BCUT2D eigenvalue weighted by molar-refractivity contribution is 7.10. The van der Waals surface area contributed by atoms with E-state index in [9.17, 15) is 10.1 Å². The molecule has 0 radical (unpaired) electrons. The van der Waals surface area contributed by atoms with Crippen LogP contribution in [-0.2, 0) is 0 Å². The summed E-state index contributed by atoms with van der Waals surface area (Å²) in [4.78, 5) is 11.6. The van der Waals surface area contributed by atoms with E-state index in [0.717, 1.165) is 10.4 Å². The average molecular weight is 293 g/mol. The Morgan fingerprint density at radius 2 is 2.00 bits per heavy atom. The molecule has 1 aromatic heterocycles. The van der Waals surface area contributed by atoms with Crippen molar-refractivity contribution in [1.29, 1.82) is 0 Å². The van der Waals surface area contributed by atoms with E-state index in [1.54, 1.807) is 26.4 Å². The number of thiophene rings is 1. The fraction of sp³-hybridized carbons (Fsp3) is 0.286. The first kappa shape index (κ1) is 14.3. The summed E-state index contributed by atoms with van der Waals surface area (Å²) in [7, 11) is 3.11. The fourth-order valence-electron chi connectivity index (χ4n) is 2.07. The largest absolute Gasteiger partial charge is 0.493 e. The zero-order valence-electron chi connectivity index (χ0n) is 11.2. The Morgan fingerprint density at radius 3 is 2.55 bits per heavy atom. The predicted molar refractivity (Wildman–Crippen MR) is 77.6 cm³/mol. The molecule has 20 heavy (non-hydrogen) atoms. The number of hydrogen-bond donors (Lipinski definition) is 0. The van der Waals surface area contributed by atoms with E-state index in [-0.39, 0.29) is 17.4 Å². The number of rotatable bonds is 6. The smallest absolute Gasteiger partial charge is 0.215 e. The highest BCUT2D eigenvalue weighted by Gasteiger charge is 2.22. The molecule has 0 saturated heterocycles. The Bertz CT molecular complexity index is 583. The van der Waals surface area contributed by atoms with Gasteiger partial charge in [-0.2, -0.15) is 0 Å². The van der Waals surface area contributed by atoms with E-state index in [0.29, 0.717) is 11.5 Å². The standard InChI is InChI=1S/C14H15NO4S/c1-18-12-6-5-10(8-13(12)19-2)11(9-15(16)17)14-4-3-7-20-14/h3-8,11H,9H2,1-2H3. The molecule has 2 aromatic rings. The van der Waals surface area contributed by atoms with Crippen molar-refractivity contribution in [2.45, 2.75) is 5.92 Å². The van der Waals surface area contributed by atoms with Crippen molar-refractivity contribution >= 4 is 11.3 Å². The van der Waals surface area contributed by atoms with E-state index in [1.165, 1.54) is 11.3 Å². The van der Waals surface area contributed by atoms with Gasteiger partial charge in [-0.15, -0.1) is 11.3 Å². The topological polar surface area (TPSA) is 61.6 Å². The van der Waals surface area contributed by atoms with Gasteiger partial charge in [0.15, 0.2) is 11.5 Å². The third kappa shape index (κ3) is 3.08. The van der Waals surface area contributed by atoms with Crippen LogP contribution in [-0.4, -0.2) is 25.7 Å². The number of methoxy groups -OCH3 is 2. The molecule has 0 spiro atoms. The lowest BCUT2D eigenvalue weighted by atomic mass is 9.97. The predicted octanol–water partition coefficient (Wildman–Crippen LogP) is 3.17. The maximum Gasteiger partial charge on any atom is 0.215 e. The van der Waals surface area contributed by atoms with Crippen LogP contribution in [0, 0.1) is 10.1 Å². The monoisotopic (exact) mass is 293 g/mol. The first-order valence-corrected chi connectivity index (χ1v) is 6.90. The third-order valence-corrected chi connectivity index (χ3v) is 4.01. The summed E-state index contributed by atoms with van der Waals surface area (Å²) in [6.07, 6.45) is 0. The van der Waals surface area contributed by atoms with Crippen molar-refractivity contribution in [1.82, 2.24) is 0 Å². The maximum atomic E-state index is 10.9. The van der Waals surface area contributed by atoms with Gasteiger partial charge in [0.25, 0.3) is 0 Å². The van der Waals surface area contributed by atoms with Gasteiger partial charge in [0, 0.05) is 9.80 Å². The summed E-state index contributed by atoms with van der Waals surface area (Å²) < 4.78 is 10.4. The summed E-state index contributed by atoms with van der Waals surface area (Å²) in [6.45, 7) is -0.143. The van der Waals surface area contributed by atoms with Gasteiger partial charge in [0.1, 0.15) is 0 Å². The lowest BCUT2D eigenvalue weighted by molar-refractivity contribution is -0.481. The Morgan fingerprint density at radius 1 is 1.25 bits per heavy atom. The maximum absolute atomic E-state index is 10.9. The lowest BCUT2D eigenvalue weighted by Crippen LogP contribution is -2.13. The van der Waals surface area contributed by atoms with Gasteiger partial charge in [-0.25, -0.2) is 0 Å². The normalized spacial score (nSPS) is 11.9. The van der Waals surface area contributed by atoms with Crippen LogP contribution in [0.3, 0.4) is 0 Å². The van der Waals surface area contributed by atoms with E-state index < -0.39 is 0 Å². The van der Waals surface area contributed by atoms with E-state index >= 15 is 0 Å². The minimum Gasteiger partial charge on any atom is -0.493 e. The number of nitrogens with zero attached hydrogens (tertiary/aromatic N) is 1. The average Bonchev–Trinajstić information content (AvgIpc) is 2.97.